The van der Waals surface area contributed by atoms with E-state index < -0.39 is 5.97 Å². The molecule has 3 aromatic rings. The van der Waals surface area contributed by atoms with Gasteiger partial charge in [-0.1, -0.05) is 29.3 Å². The van der Waals surface area contributed by atoms with Crippen LogP contribution in [0.3, 0.4) is 0 Å². The number of carbonyl (C=O) groups is 1. The number of rotatable bonds is 2. The third kappa shape index (κ3) is 3.10. The summed E-state index contributed by atoms with van der Waals surface area (Å²) in [6.45, 7) is 5.78. The van der Waals surface area contributed by atoms with Gasteiger partial charge < -0.3 is 4.74 Å². The first kappa shape index (κ1) is 16.7. The number of aryl methyl sites for hydroxylation is 3. The topological polar surface area (TPSA) is 39.2 Å². The fourth-order valence-corrected chi connectivity index (χ4v) is 2.96. The van der Waals surface area contributed by atoms with E-state index >= 15 is 0 Å². The molecule has 0 spiro atoms. The number of hydrogen-bond acceptors (Lipinski definition) is 3. The Kier molecular flexibility index (Phi) is 4.48. The number of fused-ring (bicyclic) bond motifs is 1. The number of benzene rings is 2. The molecular formula is C19H15Cl2NO2. The minimum Gasteiger partial charge on any atom is -0.419 e. The summed E-state index contributed by atoms with van der Waals surface area (Å²) in [4.78, 5) is 16.9. The summed E-state index contributed by atoms with van der Waals surface area (Å²) in [5.74, 6) is -0.255. The van der Waals surface area contributed by atoms with Gasteiger partial charge in [-0.25, -0.2) is 9.78 Å². The van der Waals surface area contributed by atoms with Crippen LogP contribution in [0.2, 0.25) is 10.0 Å². The van der Waals surface area contributed by atoms with Crippen molar-refractivity contribution in [2.75, 3.05) is 0 Å². The number of ether oxygens (including phenoxy) is 1. The lowest BCUT2D eigenvalue weighted by Crippen LogP contribution is -2.10. The van der Waals surface area contributed by atoms with Crippen molar-refractivity contribution in [3.8, 4) is 5.75 Å². The van der Waals surface area contributed by atoms with Crippen molar-refractivity contribution in [1.82, 2.24) is 4.98 Å². The predicted octanol–water partition coefficient (Wildman–Crippen LogP) is 5.69. The van der Waals surface area contributed by atoms with Crippen LogP contribution in [0.15, 0.2) is 36.4 Å². The van der Waals surface area contributed by atoms with Gasteiger partial charge in [-0.2, -0.15) is 0 Å². The number of nitrogens with zero attached hydrogens (tertiary/aromatic N) is 1. The van der Waals surface area contributed by atoms with Gasteiger partial charge in [0.05, 0.1) is 15.6 Å². The van der Waals surface area contributed by atoms with Crippen molar-refractivity contribution in [1.29, 1.82) is 0 Å². The van der Waals surface area contributed by atoms with Crippen LogP contribution in [0.5, 0.6) is 5.75 Å². The molecule has 1 aromatic heterocycles. The molecule has 0 radical (unpaired) electrons. The molecular weight excluding hydrogens is 345 g/mol. The van der Waals surface area contributed by atoms with E-state index in [2.05, 4.69) is 4.98 Å². The average Bonchev–Trinajstić information content (AvgIpc) is 2.53. The number of aromatic nitrogens is 1. The molecule has 0 saturated heterocycles. The second-order valence-electron chi connectivity index (χ2n) is 5.71. The van der Waals surface area contributed by atoms with Gasteiger partial charge in [0.15, 0.2) is 5.75 Å². The van der Waals surface area contributed by atoms with E-state index in [1.54, 1.807) is 18.2 Å². The van der Waals surface area contributed by atoms with Gasteiger partial charge in [-0.05, 0) is 62.2 Å². The number of esters is 1. The van der Waals surface area contributed by atoms with Crippen LogP contribution < -0.4 is 4.74 Å². The molecule has 0 aliphatic heterocycles. The Balaban J connectivity index is 2.07. The molecule has 0 amide bonds. The molecule has 0 fully saturated rings. The minimum absolute atomic E-state index is 0.225. The molecule has 0 atom stereocenters. The molecule has 5 heteroatoms. The Morgan fingerprint density at radius 1 is 0.958 bits per heavy atom. The predicted molar refractivity (Wildman–Crippen MR) is 97.4 cm³/mol. The smallest absolute Gasteiger partial charge is 0.343 e. The molecule has 3 rings (SSSR count). The zero-order valence-corrected chi connectivity index (χ0v) is 15.0. The van der Waals surface area contributed by atoms with Gasteiger partial charge in [0, 0.05) is 11.1 Å². The van der Waals surface area contributed by atoms with Gasteiger partial charge in [-0.15, -0.1) is 0 Å². The first-order valence-corrected chi connectivity index (χ1v) is 8.17. The van der Waals surface area contributed by atoms with Crippen molar-refractivity contribution in [3.05, 3.63) is 68.8 Å². The second kappa shape index (κ2) is 6.42. The van der Waals surface area contributed by atoms with Crippen LogP contribution in [0.1, 0.15) is 27.2 Å². The minimum atomic E-state index is -0.480. The van der Waals surface area contributed by atoms with Crippen LogP contribution in [-0.4, -0.2) is 11.0 Å². The highest BCUT2D eigenvalue weighted by Crippen LogP contribution is 2.37. The molecule has 0 saturated carbocycles. The Morgan fingerprint density at radius 3 is 2.42 bits per heavy atom. The summed E-state index contributed by atoms with van der Waals surface area (Å²) in [5.41, 5.74) is 3.85. The maximum absolute atomic E-state index is 12.5. The molecule has 1 heterocycles. The van der Waals surface area contributed by atoms with E-state index in [9.17, 15) is 4.79 Å². The first-order chi connectivity index (χ1) is 11.4. The summed E-state index contributed by atoms with van der Waals surface area (Å²) in [6, 6.07) is 10.7. The average molecular weight is 360 g/mol. The number of carbonyl (C=O) groups excluding carboxylic acids is 1. The van der Waals surface area contributed by atoms with Gasteiger partial charge >= 0.3 is 5.97 Å². The molecule has 0 N–H and O–H groups in total. The SMILES string of the molecule is Cc1ccc2c(Cl)cc(Cl)c(OC(=O)c3ccc(C)c(C)c3)c2n1. The highest BCUT2D eigenvalue weighted by atomic mass is 35.5. The highest BCUT2D eigenvalue weighted by Gasteiger charge is 2.18. The fourth-order valence-electron chi connectivity index (χ4n) is 2.41. The fraction of sp³-hybridized carbons (Fsp3) is 0.158. The summed E-state index contributed by atoms with van der Waals surface area (Å²) in [7, 11) is 0. The normalized spacial score (nSPS) is 10.9. The number of halogens is 2. The quantitative estimate of drug-likeness (QED) is 0.436. The summed E-state index contributed by atoms with van der Waals surface area (Å²) in [6.07, 6.45) is 0. The first-order valence-electron chi connectivity index (χ1n) is 7.41. The highest BCUT2D eigenvalue weighted by molar-refractivity contribution is 6.39. The molecule has 3 nitrogen and oxygen atoms in total. The number of hydrogen-bond donors (Lipinski definition) is 0. The Hall–Kier alpha value is -2.10. The van der Waals surface area contributed by atoms with E-state index in [1.807, 2.05) is 39.0 Å². The number of pyridine rings is 1. The summed E-state index contributed by atoms with van der Waals surface area (Å²) < 4.78 is 5.56. The lowest BCUT2D eigenvalue weighted by Gasteiger charge is -2.11. The van der Waals surface area contributed by atoms with Crippen LogP contribution in [0.4, 0.5) is 0 Å². The van der Waals surface area contributed by atoms with Gasteiger partial charge in [0.2, 0.25) is 0 Å². The zero-order valence-electron chi connectivity index (χ0n) is 13.5. The van der Waals surface area contributed by atoms with Crippen LogP contribution in [0.25, 0.3) is 10.9 Å². The molecule has 0 aliphatic rings. The zero-order chi connectivity index (χ0) is 17.4. The van der Waals surface area contributed by atoms with E-state index in [4.69, 9.17) is 27.9 Å². The van der Waals surface area contributed by atoms with Gasteiger partial charge in [0.25, 0.3) is 0 Å². The van der Waals surface area contributed by atoms with E-state index in [1.165, 1.54) is 0 Å². The van der Waals surface area contributed by atoms with E-state index in [-0.39, 0.29) is 10.8 Å². The molecule has 0 bridgehead atoms. The second-order valence-corrected chi connectivity index (χ2v) is 6.52. The maximum atomic E-state index is 12.5. The molecule has 0 unspecified atom stereocenters. The summed E-state index contributed by atoms with van der Waals surface area (Å²) in [5, 5.41) is 1.41. The lowest BCUT2D eigenvalue weighted by atomic mass is 10.1. The van der Waals surface area contributed by atoms with Crippen molar-refractivity contribution >= 4 is 40.1 Å². The molecule has 122 valence electrons. The van der Waals surface area contributed by atoms with Crippen LogP contribution in [0, 0.1) is 20.8 Å². The largest absolute Gasteiger partial charge is 0.419 e. The molecule has 0 aliphatic carbocycles. The summed E-state index contributed by atoms with van der Waals surface area (Å²) >= 11 is 12.5. The van der Waals surface area contributed by atoms with Crippen molar-refractivity contribution in [3.63, 3.8) is 0 Å². The monoisotopic (exact) mass is 359 g/mol. The Labute approximate surface area is 150 Å². The van der Waals surface area contributed by atoms with Crippen molar-refractivity contribution in [2.24, 2.45) is 0 Å². The standard InChI is InChI=1S/C19H15Cl2NO2/c1-10-4-6-13(8-11(10)2)19(23)24-18-16(21)9-15(20)14-7-5-12(3)22-17(14)18/h4-9H,1-3H3. The third-order valence-corrected chi connectivity index (χ3v) is 4.51. The molecule has 2 aromatic carbocycles. The van der Waals surface area contributed by atoms with Crippen LogP contribution >= 0.6 is 23.2 Å². The lowest BCUT2D eigenvalue weighted by molar-refractivity contribution is 0.0736. The van der Waals surface area contributed by atoms with Crippen LogP contribution in [-0.2, 0) is 0 Å². The Morgan fingerprint density at radius 2 is 1.71 bits per heavy atom. The van der Waals surface area contributed by atoms with Gasteiger partial charge in [-0.3, -0.25) is 0 Å². The molecule has 24 heavy (non-hydrogen) atoms. The van der Waals surface area contributed by atoms with Gasteiger partial charge in [0.1, 0.15) is 5.52 Å². The third-order valence-electron chi connectivity index (χ3n) is 3.91. The van der Waals surface area contributed by atoms with Crippen molar-refractivity contribution in [2.45, 2.75) is 20.8 Å². The van der Waals surface area contributed by atoms with E-state index in [0.717, 1.165) is 16.8 Å². The van der Waals surface area contributed by atoms with Crippen molar-refractivity contribution < 1.29 is 9.53 Å². The Bertz CT molecular complexity index is 967. The van der Waals surface area contributed by atoms with E-state index in [0.29, 0.717) is 21.5 Å². The maximum Gasteiger partial charge on any atom is 0.343 e.